The Hall–Kier alpha value is -5.52. The van der Waals surface area contributed by atoms with Crippen molar-refractivity contribution in [2.45, 2.75) is 78.9 Å². The Bertz CT molecular complexity index is 2470. The van der Waals surface area contributed by atoms with Gasteiger partial charge in [0.2, 0.25) is 0 Å². The largest absolute Gasteiger partial charge is 0.469 e. The van der Waals surface area contributed by atoms with Gasteiger partial charge in [0.1, 0.15) is 0 Å². The van der Waals surface area contributed by atoms with E-state index in [9.17, 15) is 19.2 Å². The van der Waals surface area contributed by atoms with Crippen LogP contribution in [0.25, 0.3) is 24.3 Å². The number of fused-ring (bicyclic) bond motifs is 8. The molecule has 5 heterocycles. The van der Waals surface area contributed by atoms with Gasteiger partial charge in [-0.1, -0.05) is 0 Å². The minimum atomic E-state index is -2.47. The third-order valence-corrected chi connectivity index (χ3v) is 9.34. The maximum atomic E-state index is 12.6. The van der Waals surface area contributed by atoms with E-state index >= 15 is 0 Å². The molecule has 4 N–H and O–H groups in total. The van der Waals surface area contributed by atoms with E-state index in [-0.39, 0.29) is 0 Å². The normalized spacial score (nSPS) is 15.2. The first-order valence-corrected chi connectivity index (χ1v) is 16.4. The van der Waals surface area contributed by atoms with Crippen molar-refractivity contribution in [3.63, 3.8) is 0 Å². The number of hydrogen-bond donors (Lipinski definition) is 4. The Morgan fingerprint density at radius 1 is 0.442 bits per heavy atom. The standard InChI is InChI=1S/C40H48N4O8/c1-21-25(9-13-37(45)49-5)33-18-30-23(3)27(11-15-39(47)51-7)35(43-30)20-32-24(4)28(12-16-40(48)52-8)36(44-32)19-31-22(2)26(10-14-38(46)50-6)34(42-31)17-29(21)41-33/h17-20,41-44H,9-16H2,1-8H3/i13D2,14D2,15D2,16D2. The van der Waals surface area contributed by atoms with Crippen LogP contribution in [0.3, 0.4) is 0 Å². The zero-order chi connectivity index (χ0) is 44.9. The van der Waals surface area contributed by atoms with Gasteiger partial charge in [-0.25, -0.2) is 0 Å². The second-order valence-electron chi connectivity index (χ2n) is 12.2. The minimum Gasteiger partial charge on any atom is -0.469 e. The van der Waals surface area contributed by atoms with Crippen molar-refractivity contribution in [2.24, 2.45) is 0 Å². The molecule has 0 fully saturated rings. The highest BCUT2D eigenvalue weighted by Crippen LogP contribution is 2.24. The SMILES string of the molecule is [2H]C([2H])(Cc1c2[nH]c(c1C)C=c1[nH]c(c(C)c1CC([2H])([2H])C(=O)OC)=Cc1[nH]c(c(C)c1CC([2H])([2H])C(=O)OC)C=c1[nH]c(c(C)c1CC([2H])([2H])C(=O)OC)=C2)C(=O)OC. The lowest BCUT2D eigenvalue weighted by Gasteiger charge is -2.03. The van der Waals surface area contributed by atoms with Gasteiger partial charge in [0.25, 0.3) is 0 Å². The summed E-state index contributed by atoms with van der Waals surface area (Å²) in [6.07, 6.45) is -4.91. The molecule has 1 aliphatic heterocycles. The van der Waals surface area contributed by atoms with Crippen molar-refractivity contribution in [3.8, 4) is 0 Å². The van der Waals surface area contributed by atoms with E-state index in [1.807, 2.05) is 0 Å². The lowest BCUT2D eigenvalue weighted by Crippen LogP contribution is -2.14. The van der Waals surface area contributed by atoms with Crippen molar-refractivity contribution in [2.75, 3.05) is 28.4 Å². The van der Waals surface area contributed by atoms with Crippen LogP contribution < -0.4 is 21.4 Å². The van der Waals surface area contributed by atoms with Crippen LogP contribution >= 0.6 is 0 Å². The highest BCUT2D eigenvalue weighted by atomic mass is 16.5. The maximum absolute atomic E-state index is 12.6. The summed E-state index contributed by atoms with van der Waals surface area (Å²) in [5.41, 5.74) is 5.24. The van der Waals surface area contributed by atoms with Gasteiger partial charge in [0, 0.05) is 80.6 Å². The molecule has 0 saturated heterocycles. The monoisotopic (exact) mass is 720 g/mol. The predicted molar refractivity (Wildman–Crippen MR) is 196 cm³/mol. The number of H-pyrrole nitrogens is 4. The first-order valence-electron chi connectivity index (χ1n) is 20.4. The molecule has 0 aromatic carbocycles. The van der Waals surface area contributed by atoms with Gasteiger partial charge in [-0.05, 0) is 122 Å². The molecular formula is C40H48N4O8. The molecule has 5 rings (SSSR count). The lowest BCUT2D eigenvalue weighted by molar-refractivity contribution is -0.141. The fourth-order valence-electron chi connectivity index (χ4n) is 6.21. The summed E-state index contributed by atoms with van der Waals surface area (Å²) in [6.45, 7) is 6.87. The average molecular weight is 721 g/mol. The number of carbonyl (C=O) groups is 4. The maximum Gasteiger partial charge on any atom is 0.305 e. The molecule has 276 valence electrons. The summed E-state index contributed by atoms with van der Waals surface area (Å²) in [6, 6.07) is 0. The summed E-state index contributed by atoms with van der Waals surface area (Å²) in [4.78, 5) is 63.8. The highest BCUT2D eigenvalue weighted by molar-refractivity contribution is 5.73. The van der Waals surface area contributed by atoms with Crippen molar-refractivity contribution in [1.29, 1.82) is 0 Å². The average Bonchev–Trinajstić information content (AvgIpc) is 3.83. The molecule has 0 atom stereocenters. The zero-order valence-electron chi connectivity index (χ0n) is 38.4. The van der Waals surface area contributed by atoms with Crippen LogP contribution in [0.2, 0.25) is 0 Å². The van der Waals surface area contributed by atoms with Crippen LogP contribution in [0.4, 0.5) is 0 Å². The number of hydrogen-bond acceptors (Lipinski definition) is 8. The van der Waals surface area contributed by atoms with Crippen molar-refractivity contribution >= 4 is 48.2 Å². The summed E-state index contributed by atoms with van der Waals surface area (Å²) in [7, 11) is 4.34. The molecule has 0 radical (unpaired) electrons. The first kappa shape index (κ1) is 28.1. The molecule has 8 bridgehead atoms. The summed E-state index contributed by atoms with van der Waals surface area (Å²) < 4.78 is 87.8. The van der Waals surface area contributed by atoms with E-state index in [1.54, 1.807) is 52.0 Å². The predicted octanol–water partition coefficient (Wildman–Crippen LogP) is 2.28. The van der Waals surface area contributed by atoms with Gasteiger partial charge in [0.15, 0.2) is 0 Å². The molecule has 4 aromatic rings. The van der Waals surface area contributed by atoms with Crippen LogP contribution in [0.1, 0.15) is 104 Å². The number of aromatic amines is 4. The molecule has 4 aromatic heterocycles. The number of methoxy groups -OCH3 is 4. The van der Waals surface area contributed by atoms with Gasteiger partial charge in [0.05, 0.1) is 28.4 Å². The Kier molecular flexibility index (Phi) is 8.77. The molecular weight excluding hydrogens is 664 g/mol. The first-order chi connectivity index (χ1) is 27.8. The third kappa shape index (κ3) is 8.01. The van der Waals surface area contributed by atoms with Crippen molar-refractivity contribution < 1.29 is 49.1 Å². The van der Waals surface area contributed by atoms with Crippen LogP contribution in [0, 0.1) is 27.7 Å². The summed E-state index contributed by atoms with van der Waals surface area (Å²) >= 11 is 0. The van der Waals surface area contributed by atoms with E-state index in [0.29, 0.717) is 88.7 Å². The third-order valence-electron chi connectivity index (χ3n) is 9.34. The molecule has 12 nitrogen and oxygen atoms in total. The van der Waals surface area contributed by atoms with Crippen LogP contribution in [0.15, 0.2) is 0 Å². The molecule has 0 saturated carbocycles. The number of aromatic nitrogens is 4. The minimum absolute atomic E-state index is 0.365. The van der Waals surface area contributed by atoms with E-state index < -0.39 is 75.1 Å². The lowest BCUT2D eigenvalue weighted by atomic mass is 10.0. The number of carbonyl (C=O) groups excluding carboxylic acids is 4. The molecule has 0 spiro atoms. The molecule has 52 heavy (non-hydrogen) atoms. The quantitative estimate of drug-likeness (QED) is 0.113. The van der Waals surface area contributed by atoms with Crippen molar-refractivity contribution in [3.05, 3.63) is 88.7 Å². The Morgan fingerprint density at radius 3 is 1.04 bits per heavy atom. The Morgan fingerprint density at radius 2 is 0.731 bits per heavy atom. The second-order valence-corrected chi connectivity index (χ2v) is 12.2. The van der Waals surface area contributed by atoms with Crippen molar-refractivity contribution in [1.82, 2.24) is 19.9 Å². The summed E-state index contributed by atoms with van der Waals surface area (Å²) in [5.74, 6) is -4.37. The van der Waals surface area contributed by atoms with Gasteiger partial charge in [-0.3, -0.25) is 19.2 Å². The molecule has 0 unspecified atom stereocenters. The van der Waals surface area contributed by atoms with E-state index in [0.717, 1.165) is 28.4 Å². The van der Waals surface area contributed by atoms with E-state index in [4.69, 9.17) is 29.9 Å². The second kappa shape index (κ2) is 16.2. The number of rotatable bonds is 12. The fraction of sp³-hybridized carbons (Fsp3) is 0.400. The molecule has 1 aliphatic rings. The molecule has 12 heteroatoms. The Balaban J connectivity index is 1.98. The number of nitrogens with one attached hydrogen (secondary N) is 4. The number of esters is 4. The molecule has 0 aliphatic carbocycles. The molecule has 0 amide bonds. The van der Waals surface area contributed by atoms with Crippen LogP contribution in [-0.4, -0.2) is 72.3 Å². The fourth-order valence-corrected chi connectivity index (χ4v) is 6.21. The van der Waals surface area contributed by atoms with E-state index in [1.165, 1.54) is 0 Å². The van der Waals surface area contributed by atoms with Gasteiger partial charge in [-0.15, -0.1) is 0 Å². The number of ether oxygens (including phenoxy) is 4. The van der Waals surface area contributed by atoms with Crippen LogP contribution in [-0.2, 0) is 63.8 Å². The highest BCUT2D eigenvalue weighted by Gasteiger charge is 2.19. The summed E-state index contributed by atoms with van der Waals surface area (Å²) in [5, 5.41) is 1.59. The van der Waals surface area contributed by atoms with Gasteiger partial charge < -0.3 is 38.9 Å². The van der Waals surface area contributed by atoms with E-state index in [2.05, 4.69) is 19.9 Å². The van der Waals surface area contributed by atoms with Gasteiger partial charge in [-0.2, -0.15) is 0 Å². The smallest absolute Gasteiger partial charge is 0.305 e. The topological polar surface area (TPSA) is 168 Å². The van der Waals surface area contributed by atoms with Gasteiger partial charge >= 0.3 is 23.9 Å². The zero-order valence-corrected chi connectivity index (χ0v) is 30.4. The Labute approximate surface area is 313 Å². The van der Waals surface area contributed by atoms with Crippen LogP contribution in [0.5, 0.6) is 0 Å².